The highest BCUT2D eigenvalue weighted by Gasteiger charge is 2.39. The summed E-state index contributed by atoms with van der Waals surface area (Å²) in [6, 6.07) is -8.34. The van der Waals surface area contributed by atoms with Gasteiger partial charge in [0.25, 0.3) is 11.8 Å². The topological polar surface area (TPSA) is 258 Å². The summed E-state index contributed by atoms with van der Waals surface area (Å²) in [7, 11) is 7.97. The van der Waals surface area contributed by atoms with E-state index in [1.165, 1.54) is 84.5 Å². The third kappa shape index (κ3) is 18.3. The first-order valence-electron chi connectivity index (χ1n) is 19.3. The number of carbonyl (C=O) groups excluding carboxylic acids is 9. The molecule has 0 saturated heterocycles. The van der Waals surface area contributed by atoms with Crippen molar-refractivity contribution in [1.29, 1.82) is 0 Å². The number of aliphatic hydroxyl groups excluding tert-OH is 1. The molecular weight excluding hydrogens is 811 g/mol. The summed E-state index contributed by atoms with van der Waals surface area (Å²) >= 11 is 2.61. The first kappa shape index (κ1) is 54.9. The lowest BCUT2D eigenvalue weighted by Crippen LogP contribution is -2.59. The van der Waals surface area contributed by atoms with Crippen molar-refractivity contribution in [3.8, 4) is 0 Å². The standard InChI is InChI=1S/C37H67N9O11S2/c1-14-15-27(48)45(12)33(59-19-18-58-17-16-47)32(53)44(11)26(21-37(6,7)57)29(50)40-35(55)46(13)36(56)41-34(54)39-23(4)30(51)42(9)24(5)31(52)43(10)25(20-22(2)3)28(49)38-8/h22-26,33,47,57H,14-21H2,1-13H3,(H,38,49)(H,40,50,55)(H2,39,41,54,56)/t23-,24?,25-,26-,33+/m0/s1. The highest BCUT2D eigenvalue weighted by molar-refractivity contribution is 8.03. The van der Waals surface area contributed by atoms with Crippen LogP contribution >= 0.6 is 23.5 Å². The van der Waals surface area contributed by atoms with E-state index in [2.05, 4.69) is 10.6 Å². The van der Waals surface area contributed by atoms with Crippen LogP contribution in [0, 0.1) is 5.92 Å². The zero-order valence-electron chi connectivity index (χ0n) is 36.7. The van der Waals surface area contributed by atoms with Gasteiger partial charge < -0.3 is 40.4 Å². The van der Waals surface area contributed by atoms with E-state index in [-0.39, 0.29) is 37.2 Å². The number of nitrogens with zero attached hydrogens (tertiary/aromatic N) is 5. The summed E-state index contributed by atoms with van der Waals surface area (Å²) < 4.78 is 0. The number of likely N-dealkylation sites (N-methyl/N-ethyl adjacent to an activating group) is 5. The van der Waals surface area contributed by atoms with Gasteiger partial charge in [-0.3, -0.25) is 39.4 Å². The van der Waals surface area contributed by atoms with Gasteiger partial charge in [0.2, 0.25) is 23.6 Å². The van der Waals surface area contributed by atoms with Gasteiger partial charge in [0.1, 0.15) is 24.2 Å². The number of amides is 12. The molecule has 0 spiro atoms. The Kier molecular flexibility index (Phi) is 24.3. The molecule has 22 heteroatoms. The molecule has 0 aliphatic carbocycles. The van der Waals surface area contributed by atoms with Crippen LogP contribution in [0.1, 0.15) is 74.1 Å². The Morgan fingerprint density at radius 2 is 1.27 bits per heavy atom. The number of hydrogen-bond acceptors (Lipinski definition) is 13. The lowest BCUT2D eigenvalue weighted by molar-refractivity contribution is -0.147. The number of urea groups is 3. The van der Waals surface area contributed by atoms with Crippen LogP contribution in [0.4, 0.5) is 14.4 Å². The van der Waals surface area contributed by atoms with Gasteiger partial charge in [-0.2, -0.15) is 11.8 Å². The average molecular weight is 878 g/mol. The molecule has 0 radical (unpaired) electrons. The fraction of sp³-hybridized carbons (Fsp3) is 0.757. The van der Waals surface area contributed by atoms with Gasteiger partial charge in [-0.1, -0.05) is 20.8 Å². The Hall–Kier alpha value is -4.15. The van der Waals surface area contributed by atoms with Gasteiger partial charge in [0, 0.05) is 72.4 Å². The van der Waals surface area contributed by atoms with Crippen molar-refractivity contribution in [2.24, 2.45) is 5.92 Å². The van der Waals surface area contributed by atoms with Crippen LogP contribution in [-0.4, -0.2) is 190 Å². The molecule has 0 saturated carbocycles. The molecule has 59 heavy (non-hydrogen) atoms. The monoisotopic (exact) mass is 877 g/mol. The van der Waals surface area contributed by atoms with E-state index >= 15 is 0 Å². The first-order valence-corrected chi connectivity index (χ1v) is 21.5. The molecule has 6 N–H and O–H groups in total. The van der Waals surface area contributed by atoms with Crippen molar-refractivity contribution in [1.82, 2.24) is 45.8 Å². The van der Waals surface area contributed by atoms with Crippen molar-refractivity contribution in [3.63, 3.8) is 0 Å². The van der Waals surface area contributed by atoms with E-state index in [4.69, 9.17) is 5.11 Å². The molecule has 0 aliphatic rings. The number of imide groups is 3. The normalized spacial score (nSPS) is 13.8. The molecule has 20 nitrogen and oxygen atoms in total. The molecule has 0 aromatic carbocycles. The molecule has 5 atom stereocenters. The lowest BCUT2D eigenvalue weighted by atomic mass is 9.97. The molecule has 12 amide bonds. The third-order valence-electron chi connectivity index (χ3n) is 9.09. The summed E-state index contributed by atoms with van der Waals surface area (Å²) in [4.78, 5) is 123. The number of rotatable bonds is 22. The van der Waals surface area contributed by atoms with Gasteiger partial charge in [-0.15, -0.1) is 11.8 Å². The van der Waals surface area contributed by atoms with E-state index in [0.29, 0.717) is 35.0 Å². The van der Waals surface area contributed by atoms with Crippen LogP contribution < -0.4 is 21.3 Å². The lowest BCUT2D eigenvalue weighted by Gasteiger charge is -2.36. The maximum Gasteiger partial charge on any atom is 0.333 e. The Bertz CT molecular complexity index is 1480. The SMILES string of the molecule is CCCC(=O)N(C)[C@H](SCCSCCO)C(=O)N(C)[C@@H](CC(C)(C)O)C(=O)NC(=O)N(C)C(=O)NC(=O)N[C@@H](C)C(=O)N(C)C(C)C(=O)N(C)[C@@H](CC(C)C)C(=O)NC. The first-order chi connectivity index (χ1) is 27.3. The highest BCUT2D eigenvalue weighted by atomic mass is 32.2. The van der Waals surface area contributed by atoms with E-state index in [1.807, 2.05) is 31.4 Å². The summed E-state index contributed by atoms with van der Waals surface area (Å²) in [5.74, 6) is -2.07. The molecule has 0 aromatic heterocycles. The largest absolute Gasteiger partial charge is 0.396 e. The second kappa shape index (κ2) is 26.1. The number of carbonyl (C=O) groups is 9. The minimum Gasteiger partial charge on any atom is -0.396 e. The minimum absolute atomic E-state index is 0.0189. The Labute approximate surface area is 356 Å². The van der Waals surface area contributed by atoms with Gasteiger partial charge >= 0.3 is 18.1 Å². The van der Waals surface area contributed by atoms with Gasteiger partial charge in [-0.05, 0) is 46.5 Å². The fourth-order valence-corrected chi connectivity index (χ4v) is 7.53. The molecule has 0 rings (SSSR count). The zero-order chi connectivity index (χ0) is 45.9. The molecule has 0 heterocycles. The van der Waals surface area contributed by atoms with Crippen LogP contribution in [0.15, 0.2) is 0 Å². The molecule has 0 bridgehead atoms. The second-order valence-electron chi connectivity index (χ2n) is 15.1. The Morgan fingerprint density at radius 3 is 1.78 bits per heavy atom. The summed E-state index contributed by atoms with van der Waals surface area (Å²) in [6.45, 7) is 11.2. The van der Waals surface area contributed by atoms with Crippen molar-refractivity contribution < 1.29 is 53.4 Å². The van der Waals surface area contributed by atoms with E-state index < -0.39 is 76.9 Å². The predicted octanol–water partition coefficient (Wildman–Crippen LogP) is 0.459. The number of aliphatic hydroxyl groups is 2. The van der Waals surface area contributed by atoms with E-state index in [0.717, 1.165) is 28.6 Å². The second-order valence-corrected chi connectivity index (χ2v) is 17.5. The molecule has 338 valence electrons. The van der Waals surface area contributed by atoms with Crippen LogP contribution in [0.2, 0.25) is 0 Å². The van der Waals surface area contributed by atoms with Crippen molar-refractivity contribution in [3.05, 3.63) is 0 Å². The van der Waals surface area contributed by atoms with Crippen LogP contribution in [0.3, 0.4) is 0 Å². The van der Waals surface area contributed by atoms with Crippen LogP contribution in [-0.2, 0) is 28.8 Å². The summed E-state index contributed by atoms with van der Waals surface area (Å²) in [5, 5.41) is 27.4. The summed E-state index contributed by atoms with van der Waals surface area (Å²) in [6.07, 6.45) is 0.727. The fourth-order valence-electron chi connectivity index (χ4n) is 5.47. The van der Waals surface area contributed by atoms with Crippen molar-refractivity contribution in [2.75, 3.05) is 66.2 Å². The third-order valence-corrected chi connectivity index (χ3v) is 11.6. The Morgan fingerprint density at radius 1 is 0.712 bits per heavy atom. The van der Waals surface area contributed by atoms with Gasteiger partial charge in [0.15, 0.2) is 5.37 Å². The predicted molar refractivity (Wildman–Crippen MR) is 226 cm³/mol. The maximum absolute atomic E-state index is 13.9. The zero-order valence-corrected chi connectivity index (χ0v) is 38.4. The molecule has 0 fully saturated rings. The quantitative estimate of drug-likeness (QED) is 0.0639. The van der Waals surface area contributed by atoms with E-state index in [1.54, 1.807) is 0 Å². The number of hydrogen-bond donors (Lipinski definition) is 6. The minimum atomic E-state index is -1.53. The van der Waals surface area contributed by atoms with Crippen LogP contribution in [0.5, 0.6) is 0 Å². The van der Waals surface area contributed by atoms with Crippen molar-refractivity contribution in [2.45, 2.75) is 109 Å². The van der Waals surface area contributed by atoms with Crippen molar-refractivity contribution >= 4 is 77.1 Å². The highest BCUT2D eigenvalue weighted by Crippen LogP contribution is 2.23. The maximum atomic E-state index is 13.9. The number of thioether (sulfide) groups is 2. The van der Waals surface area contributed by atoms with E-state index in [9.17, 15) is 48.3 Å². The number of nitrogens with one attached hydrogen (secondary N) is 4. The Balaban J connectivity index is 5.83. The molecule has 0 aromatic rings. The molecular formula is C37H67N9O11S2. The van der Waals surface area contributed by atoms with Gasteiger partial charge in [-0.25, -0.2) is 19.3 Å². The van der Waals surface area contributed by atoms with Crippen LogP contribution in [0.25, 0.3) is 0 Å². The van der Waals surface area contributed by atoms with Gasteiger partial charge in [0.05, 0.1) is 12.2 Å². The molecule has 0 aliphatic heterocycles. The smallest absolute Gasteiger partial charge is 0.333 e. The molecule has 1 unspecified atom stereocenters. The summed E-state index contributed by atoms with van der Waals surface area (Å²) in [5.41, 5.74) is -1.53. The average Bonchev–Trinajstić information content (AvgIpc) is 3.16.